The lowest BCUT2D eigenvalue weighted by Gasteiger charge is -2.13. The Morgan fingerprint density at radius 1 is 1.65 bits per heavy atom. The van der Waals surface area contributed by atoms with Crippen LogP contribution in [0.5, 0.6) is 0 Å². The summed E-state index contributed by atoms with van der Waals surface area (Å²) in [6.07, 6.45) is 2.80. The molecule has 1 N–H and O–H groups in total. The highest BCUT2D eigenvalue weighted by molar-refractivity contribution is 5.92. The summed E-state index contributed by atoms with van der Waals surface area (Å²) in [7, 11) is 0. The zero-order valence-electron chi connectivity index (χ0n) is 10.4. The lowest BCUT2D eigenvalue weighted by atomic mass is 10.1. The predicted octanol–water partition coefficient (Wildman–Crippen LogP) is 1.19. The van der Waals surface area contributed by atoms with E-state index in [-0.39, 0.29) is 5.91 Å². The van der Waals surface area contributed by atoms with Crippen LogP contribution in [-0.4, -0.2) is 28.6 Å². The third-order valence-corrected chi connectivity index (χ3v) is 2.81. The van der Waals surface area contributed by atoms with Crippen LogP contribution in [-0.2, 0) is 17.9 Å². The largest absolute Gasteiger partial charge is 0.372 e. The number of imidazole rings is 1. The Bertz CT molecular complexity index is 375. The van der Waals surface area contributed by atoms with E-state index in [1.165, 1.54) is 0 Å². The first-order valence-electron chi connectivity index (χ1n) is 6.09. The van der Waals surface area contributed by atoms with Crippen molar-refractivity contribution >= 4 is 5.91 Å². The van der Waals surface area contributed by atoms with Crippen LogP contribution in [0.4, 0.5) is 0 Å². The molecule has 0 aromatic carbocycles. The lowest BCUT2D eigenvalue weighted by molar-refractivity contribution is 0.0816. The van der Waals surface area contributed by atoms with E-state index < -0.39 is 0 Å². The van der Waals surface area contributed by atoms with Gasteiger partial charge in [-0.15, -0.1) is 0 Å². The average molecular weight is 237 g/mol. The fourth-order valence-electron chi connectivity index (χ4n) is 1.76. The normalized spacial score (nSPS) is 14.8. The quantitative estimate of drug-likeness (QED) is 0.855. The fourth-order valence-corrected chi connectivity index (χ4v) is 1.76. The van der Waals surface area contributed by atoms with Crippen molar-refractivity contribution < 1.29 is 9.53 Å². The Hall–Kier alpha value is -1.36. The minimum atomic E-state index is -0.0902. The highest BCUT2D eigenvalue weighted by Gasteiger charge is 2.16. The molecule has 0 atom stereocenters. The van der Waals surface area contributed by atoms with E-state index in [1.807, 2.05) is 10.8 Å². The van der Waals surface area contributed by atoms with Gasteiger partial charge in [0.1, 0.15) is 18.1 Å². The molecule has 1 aromatic heterocycles. The van der Waals surface area contributed by atoms with Crippen molar-refractivity contribution in [3.63, 3.8) is 0 Å². The molecule has 0 spiro atoms. The van der Waals surface area contributed by atoms with Crippen molar-refractivity contribution in [2.75, 3.05) is 13.2 Å². The highest BCUT2D eigenvalue weighted by atomic mass is 16.5. The van der Waals surface area contributed by atoms with Gasteiger partial charge in [-0.1, -0.05) is 13.8 Å². The Morgan fingerprint density at radius 3 is 3.18 bits per heavy atom. The molecule has 2 heterocycles. The Kier molecular flexibility index (Phi) is 3.78. The van der Waals surface area contributed by atoms with Crippen LogP contribution in [0.25, 0.3) is 0 Å². The molecular weight excluding hydrogens is 218 g/mol. The molecule has 5 heteroatoms. The van der Waals surface area contributed by atoms with Gasteiger partial charge in [-0.2, -0.15) is 0 Å². The van der Waals surface area contributed by atoms with Crippen LogP contribution in [0.15, 0.2) is 6.20 Å². The number of amides is 1. The van der Waals surface area contributed by atoms with Gasteiger partial charge < -0.3 is 14.6 Å². The molecule has 5 nitrogen and oxygen atoms in total. The molecular formula is C12H19N3O2. The molecule has 1 aromatic rings. The second-order valence-electron chi connectivity index (χ2n) is 4.73. The Morgan fingerprint density at radius 2 is 2.47 bits per heavy atom. The van der Waals surface area contributed by atoms with Gasteiger partial charge >= 0.3 is 0 Å². The third-order valence-electron chi connectivity index (χ3n) is 2.81. The Labute approximate surface area is 101 Å². The Balaban J connectivity index is 1.92. The van der Waals surface area contributed by atoms with E-state index in [2.05, 4.69) is 24.1 Å². The molecule has 0 bridgehead atoms. The van der Waals surface area contributed by atoms with Gasteiger partial charge in [0.25, 0.3) is 5.91 Å². The van der Waals surface area contributed by atoms with Crippen LogP contribution in [0.1, 0.15) is 36.6 Å². The summed E-state index contributed by atoms with van der Waals surface area (Å²) in [4.78, 5) is 16.1. The van der Waals surface area contributed by atoms with Crippen molar-refractivity contribution in [1.29, 1.82) is 0 Å². The van der Waals surface area contributed by atoms with Gasteiger partial charge in [-0.25, -0.2) is 4.98 Å². The van der Waals surface area contributed by atoms with E-state index in [1.54, 1.807) is 0 Å². The second kappa shape index (κ2) is 5.31. The number of carbonyl (C=O) groups is 1. The predicted molar refractivity (Wildman–Crippen MR) is 63.7 cm³/mol. The maximum absolute atomic E-state index is 11.8. The van der Waals surface area contributed by atoms with E-state index in [0.717, 1.165) is 18.8 Å². The van der Waals surface area contributed by atoms with E-state index >= 15 is 0 Å². The maximum atomic E-state index is 11.8. The van der Waals surface area contributed by atoms with Crippen molar-refractivity contribution in [2.24, 2.45) is 5.92 Å². The fraction of sp³-hybridized carbons (Fsp3) is 0.667. The lowest BCUT2D eigenvalue weighted by Crippen LogP contribution is -2.25. The van der Waals surface area contributed by atoms with Crippen molar-refractivity contribution in [1.82, 2.24) is 14.9 Å². The van der Waals surface area contributed by atoms with Gasteiger partial charge in [0.05, 0.1) is 6.61 Å². The summed E-state index contributed by atoms with van der Waals surface area (Å²) in [6.45, 7) is 6.95. The minimum absolute atomic E-state index is 0.0902. The highest BCUT2D eigenvalue weighted by Crippen LogP contribution is 2.09. The maximum Gasteiger partial charge on any atom is 0.271 e. The van der Waals surface area contributed by atoms with Gasteiger partial charge in [0.2, 0.25) is 0 Å². The first-order valence-corrected chi connectivity index (χ1v) is 6.09. The number of hydrogen-bond donors (Lipinski definition) is 1. The molecule has 1 amide bonds. The van der Waals surface area contributed by atoms with Crippen molar-refractivity contribution in [3.8, 4) is 0 Å². The number of ether oxygens (including phenoxy) is 1. The number of nitrogens with one attached hydrogen (secondary N) is 1. The number of nitrogens with zero attached hydrogens (tertiary/aromatic N) is 2. The summed E-state index contributed by atoms with van der Waals surface area (Å²) in [5, 5.41) is 2.88. The van der Waals surface area contributed by atoms with Crippen LogP contribution in [0.3, 0.4) is 0 Å². The first-order chi connectivity index (χ1) is 8.16. The number of rotatable bonds is 4. The molecule has 2 rings (SSSR count). The summed E-state index contributed by atoms with van der Waals surface area (Å²) in [6, 6.07) is 0. The molecule has 0 saturated heterocycles. The van der Waals surface area contributed by atoms with Crippen LogP contribution >= 0.6 is 0 Å². The third kappa shape index (κ3) is 3.06. The molecule has 0 fully saturated rings. The molecule has 1 aliphatic rings. The standard InChI is InChI=1S/C12H19N3O2/c1-9(2)3-4-13-12(16)10-7-15-5-6-17-8-11(15)14-10/h7,9H,3-6,8H2,1-2H3,(H,13,16). The smallest absolute Gasteiger partial charge is 0.271 e. The number of fused-ring (bicyclic) bond motifs is 1. The van der Waals surface area contributed by atoms with Crippen molar-refractivity contribution in [2.45, 2.75) is 33.4 Å². The summed E-state index contributed by atoms with van der Waals surface area (Å²) in [5.41, 5.74) is 0.495. The SMILES string of the molecule is CC(C)CCNC(=O)c1cn2c(n1)COCC2. The number of carbonyl (C=O) groups excluding carboxylic acids is 1. The van der Waals surface area contributed by atoms with Crippen LogP contribution in [0.2, 0.25) is 0 Å². The van der Waals surface area contributed by atoms with E-state index in [0.29, 0.717) is 31.4 Å². The zero-order valence-corrected chi connectivity index (χ0v) is 10.4. The van der Waals surface area contributed by atoms with Gasteiger partial charge in [-0.3, -0.25) is 4.79 Å². The van der Waals surface area contributed by atoms with Crippen LogP contribution in [0, 0.1) is 5.92 Å². The molecule has 0 radical (unpaired) electrons. The van der Waals surface area contributed by atoms with E-state index in [9.17, 15) is 4.79 Å². The summed E-state index contributed by atoms with van der Waals surface area (Å²) >= 11 is 0. The van der Waals surface area contributed by atoms with Crippen LogP contribution < -0.4 is 5.32 Å². The molecule has 0 unspecified atom stereocenters. The summed E-state index contributed by atoms with van der Waals surface area (Å²) < 4.78 is 7.27. The van der Waals surface area contributed by atoms with E-state index in [4.69, 9.17) is 4.74 Å². The topological polar surface area (TPSA) is 56.2 Å². The van der Waals surface area contributed by atoms with Gasteiger partial charge in [0, 0.05) is 19.3 Å². The molecule has 0 aliphatic carbocycles. The monoisotopic (exact) mass is 237 g/mol. The zero-order chi connectivity index (χ0) is 12.3. The number of aromatic nitrogens is 2. The molecule has 94 valence electrons. The molecule has 1 aliphatic heterocycles. The number of hydrogen-bond acceptors (Lipinski definition) is 3. The minimum Gasteiger partial charge on any atom is -0.372 e. The first kappa shape index (κ1) is 12.1. The molecule has 17 heavy (non-hydrogen) atoms. The van der Waals surface area contributed by atoms with Crippen molar-refractivity contribution in [3.05, 3.63) is 17.7 Å². The van der Waals surface area contributed by atoms with Gasteiger partial charge in [-0.05, 0) is 12.3 Å². The average Bonchev–Trinajstić information content (AvgIpc) is 2.71. The second-order valence-corrected chi connectivity index (χ2v) is 4.73. The molecule has 0 saturated carbocycles. The summed E-state index contributed by atoms with van der Waals surface area (Å²) in [5.74, 6) is 1.34. The van der Waals surface area contributed by atoms with Gasteiger partial charge in [0.15, 0.2) is 0 Å².